The Bertz CT molecular complexity index is 1280. The molecule has 2 saturated heterocycles. The van der Waals surface area contributed by atoms with Crippen LogP contribution in [0.1, 0.15) is 38.3 Å². The summed E-state index contributed by atoms with van der Waals surface area (Å²) in [6.45, 7) is 2.12. The largest absolute Gasteiger partial charge is 0.355 e. The van der Waals surface area contributed by atoms with E-state index in [0.717, 1.165) is 51.4 Å². The van der Waals surface area contributed by atoms with Gasteiger partial charge in [-0.1, -0.05) is 13.0 Å². The van der Waals surface area contributed by atoms with Gasteiger partial charge >= 0.3 is 0 Å². The van der Waals surface area contributed by atoms with Crippen LogP contribution in [0.3, 0.4) is 0 Å². The number of aromatic nitrogens is 7. The van der Waals surface area contributed by atoms with Gasteiger partial charge in [-0.2, -0.15) is 20.1 Å². The van der Waals surface area contributed by atoms with Crippen LogP contribution in [0.15, 0.2) is 30.5 Å². The van der Waals surface area contributed by atoms with Crippen molar-refractivity contribution in [2.45, 2.75) is 57.2 Å². The van der Waals surface area contributed by atoms with Gasteiger partial charge in [-0.3, -0.25) is 5.10 Å². The van der Waals surface area contributed by atoms with Crippen LogP contribution < -0.4 is 10.2 Å². The van der Waals surface area contributed by atoms with Crippen LogP contribution in [-0.4, -0.2) is 60.6 Å². The zero-order valence-electron chi connectivity index (χ0n) is 19.3. The molecule has 0 amide bonds. The number of nitrogens with zero attached hydrogens (tertiary/aromatic N) is 7. The maximum atomic E-state index is 4.65. The number of aromatic amines is 1. The number of piperidine rings is 1. The lowest BCUT2D eigenvalue weighted by atomic mass is 9.98. The molecule has 4 aromatic rings. The fourth-order valence-electron chi connectivity index (χ4n) is 5.52. The van der Waals surface area contributed by atoms with Crippen LogP contribution in [0.25, 0.3) is 33.4 Å². The molecular formula is C24H29N9. The molecule has 5 heterocycles. The number of aryl methyl sites for hydroxylation is 2. The van der Waals surface area contributed by atoms with Gasteiger partial charge in [0.15, 0.2) is 5.82 Å². The molecule has 2 bridgehead atoms. The minimum absolute atomic E-state index is 0.514. The van der Waals surface area contributed by atoms with Crippen molar-refractivity contribution in [3.63, 3.8) is 0 Å². The highest BCUT2D eigenvalue weighted by Crippen LogP contribution is 2.36. The molecule has 2 unspecified atom stereocenters. The third kappa shape index (κ3) is 3.47. The van der Waals surface area contributed by atoms with E-state index in [1.165, 1.54) is 25.7 Å². The van der Waals surface area contributed by atoms with Crippen molar-refractivity contribution in [2.24, 2.45) is 7.05 Å². The monoisotopic (exact) mass is 443 g/mol. The highest BCUT2D eigenvalue weighted by molar-refractivity contribution is 6.03. The number of fused-ring (bicyclic) bond motifs is 3. The Morgan fingerprint density at radius 3 is 2.48 bits per heavy atom. The predicted octanol–water partition coefficient (Wildman–Crippen LogP) is 3.10. The van der Waals surface area contributed by atoms with E-state index in [9.17, 15) is 0 Å². The van der Waals surface area contributed by atoms with E-state index in [-0.39, 0.29) is 0 Å². The lowest BCUT2D eigenvalue weighted by Gasteiger charge is -2.36. The average molecular weight is 444 g/mol. The second-order valence-corrected chi connectivity index (χ2v) is 9.31. The van der Waals surface area contributed by atoms with E-state index in [1.807, 2.05) is 7.05 Å². The molecule has 2 aliphatic rings. The number of hydrogen-bond acceptors (Lipinski definition) is 7. The van der Waals surface area contributed by atoms with Gasteiger partial charge in [0.2, 0.25) is 0 Å². The molecule has 1 aromatic carbocycles. The molecule has 170 valence electrons. The zero-order chi connectivity index (χ0) is 22.5. The van der Waals surface area contributed by atoms with Gasteiger partial charge in [-0.25, -0.2) is 0 Å². The van der Waals surface area contributed by atoms with Gasteiger partial charge < -0.3 is 10.2 Å². The first-order valence-electron chi connectivity index (χ1n) is 11.8. The summed E-state index contributed by atoms with van der Waals surface area (Å²) in [6.07, 6.45) is 7.58. The van der Waals surface area contributed by atoms with Gasteiger partial charge in [0, 0.05) is 54.4 Å². The van der Waals surface area contributed by atoms with E-state index in [0.29, 0.717) is 18.1 Å². The van der Waals surface area contributed by atoms with Crippen molar-refractivity contribution in [1.82, 2.24) is 40.7 Å². The summed E-state index contributed by atoms with van der Waals surface area (Å²) in [4.78, 5) is 3.88. The zero-order valence-corrected chi connectivity index (χ0v) is 19.3. The van der Waals surface area contributed by atoms with Gasteiger partial charge in [-0.05, 0) is 50.3 Å². The molecule has 2 atom stereocenters. The van der Waals surface area contributed by atoms with Gasteiger partial charge in [0.05, 0.1) is 11.9 Å². The van der Waals surface area contributed by atoms with Gasteiger partial charge in [0.1, 0.15) is 11.2 Å². The summed E-state index contributed by atoms with van der Waals surface area (Å²) >= 11 is 0. The number of benzene rings is 1. The van der Waals surface area contributed by atoms with Crippen molar-refractivity contribution < 1.29 is 0 Å². The second-order valence-electron chi connectivity index (χ2n) is 9.31. The first-order valence-corrected chi connectivity index (χ1v) is 11.8. The second kappa shape index (κ2) is 7.91. The Kier molecular flexibility index (Phi) is 4.86. The fourth-order valence-corrected chi connectivity index (χ4v) is 5.52. The fraction of sp³-hybridized carbons (Fsp3) is 0.458. The smallest absolute Gasteiger partial charge is 0.151 e. The molecule has 0 saturated carbocycles. The molecule has 33 heavy (non-hydrogen) atoms. The Morgan fingerprint density at radius 2 is 1.82 bits per heavy atom. The van der Waals surface area contributed by atoms with Crippen molar-refractivity contribution in [1.29, 1.82) is 0 Å². The first kappa shape index (κ1) is 20.3. The Morgan fingerprint density at radius 1 is 1.03 bits per heavy atom. The number of hydrogen-bond donors (Lipinski definition) is 2. The molecule has 0 spiro atoms. The molecule has 3 aromatic heterocycles. The topological polar surface area (TPSA) is 100 Å². The molecule has 6 rings (SSSR count). The van der Waals surface area contributed by atoms with Crippen molar-refractivity contribution >= 4 is 16.7 Å². The summed E-state index contributed by atoms with van der Waals surface area (Å²) in [5.74, 6) is 0.925. The maximum Gasteiger partial charge on any atom is 0.151 e. The maximum absolute atomic E-state index is 4.65. The third-order valence-electron chi connectivity index (χ3n) is 7.30. The minimum atomic E-state index is 0.514. The van der Waals surface area contributed by atoms with Crippen LogP contribution in [-0.2, 0) is 13.5 Å². The van der Waals surface area contributed by atoms with Crippen molar-refractivity contribution in [3.8, 4) is 22.5 Å². The predicted molar refractivity (Wildman–Crippen MR) is 128 cm³/mol. The first-order chi connectivity index (χ1) is 16.1. The number of anilines is 1. The Labute approximate surface area is 192 Å². The molecule has 9 heteroatoms. The number of rotatable bonds is 5. The van der Waals surface area contributed by atoms with E-state index in [1.54, 1.807) is 11.0 Å². The lowest BCUT2D eigenvalue weighted by Crippen LogP contribution is -2.47. The van der Waals surface area contributed by atoms with E-state index in [4.69, 9.17) is 0 Å². The highest BCUT2D eigenvalue weighted by atomic mass is 15.4. The van der Waals surface area contributed by atoms with Crippen LogP contribution in [0.4, 0.5) is 5.82 Å². The summed E-state index contributed by atoms with van der Waals surface area (Å²) in [6, 6.07) is 10.1. The van der Waals surface area contributed by atoms with Crippen LogP contribution in [0, 0.1) is 0 Å². The van der Waals surface area contributed by atoms with E-state index < -0.39 is 0 Å². The summed E-state index contributed by atoms with van der Waals surface area (Å²) < 4.78 is 0. The Hall–Kier alpha value is -3.33. The standard InChI is InChI=1S/C24H29N9/c1-4-19-23-17(21-13-25-33(3)31-21)7-8-18(24(23)30-27-19)20-9-10-22(29-28-20)32(2)16-11-14-5-6-15(12-16)26-14/h7-10,13-16,26H,4-6,11-12H2,1-3H3,(H,27,30). The van der Waals surface area contributed by atoms with Gasteiger partial charge in [-0.15, -0.1) is 10.2 Å². The summed E-state index contributed by atoms with van der Waals surface area (Å²) in [7, 11) is 3.97. The molecular weight excluding hydrogens is 414 g/mol. The lowest BCUT2D eigenvalue weighted by molar-refractivity contribution is 0.353. The molecule has 0 radical (unpaired) electrons. The van der Waals surface area contributed by atoms with E-state index >= 15 is 0 Å². The normalized spacial score (nSPS) is 22.2. The Balaban J connectivity index is 1.34. The number of nitrogens with one attached hydrogen (secondary N) is 2. The number of H-pyrrole nitrogens is 1. The molecule has 2 aliphatic heterocycles. The summed E-state index contributed by atoms with van der Waals surface area (Å²) in [5, 5.41) is 30.6. The van der Waals surface area contributed by atoms with Gasteiger partial charge in [0.25, 0.3) is 0 Å². The quantitative estimate of drug-likeness (QED) is 0.489. The van der Waals surface area contributed by atoms with Crippen LogP contribution >= 0.6 is 0 Å². The van der Waals surface area contributed by atoms with Crippen LogP contribution in [0.2, 0.25) is 0 Å². The van der Waals surface area contributed by atoms with Crippen LogP contribution in [0.5, 0.6) is 0 Å². The summed E-state index contributed by atoms with van der Waals surface area (Å²) in [5.41, 5.74) is 5.62. The van der Waals surface area contributed by atoms with Crippen molar-refractivity contribution in [2.75, 3.05) is 11.9 Å². The average Bonchev–Trinajstić information content (AvgIpc) is 3.56. The molecule has 9 nitrogen and oxygen atoms in total. The van der Waals surface area contributed by atoms with E-state index in [2.05, 4.69) is 79.0 Å². The highest BCUT2D eigenvalue weighted by Gasteiger charge is 2.35. The minimum Gasteiger partial charge on any atom is -0.355 e. The molecule has 2 N–H and O–H groups in total. The molecule has 2 fully saturated rings. The third-order valence-corrected chi connectivity index (χ3v) is 7.30. The SMILES string of the molecule is CCc1[nH]nc2c(-c3ccc(N(C)C4CC5CCC(C4)N5)nn3)ccc(-c3cnn(C)n3)c12. The van der Waals surface area contributed by atoms with Crippen molar-refractivity contribution in [3.05, 3.63) is 36.2 Å². The molecule has 0 aliphatic carbocycles.